The zero-order chi connectivity index (χ0) is 19.1. The highest BCUT2D eigenvalue weighted by molar-refractivity contribution is 6.12. The predicted octanol–water partition coefficient (Wildman–Crippen LogP) is 4.38. The SMILES string of the molecule is CCOC(=O)C1=C(C)N=C2CC(C)(C)CC(=O)[C@H]2[C@H]1c1ccc(C)cc1. The van der Waals surface area contributed by atoms with Gasteiger partial charge in [-0.2, -0.15) is 0 Å². The van der Waals surface area contributed by atoms with E-state index >= 15 is 0 Å². The van der Waals surface area contributed by atoms with Gasteiger partial charge in [-0.3, -0.25) is 9.79 Å². The second-order valence-corrected chi connectivity index (χ2v) is 8.17. The molecule has 0 amide bonds. The summed E-state index contributed by atoms with van der Waals surface area (Å²) in [6.07, 6.45) is 1.29. The van der Waals surface area contributed by atoms with Crippen molar-refractivity contribution in [1.82, 2.24) is 0 Å². The van der Waals surface area contributed by atoms with E-state index in [1.54, 1.807) is 6.92 Å². The zero-order valence-electron chi connectivity index (χ0n) is 16.3. The Hall–Kier alpha value is -2.23. The normalized spacial score (nSPS) is 24.8. The molecule has 4 nitrogen and oxygen atoms in total. The van der Waals surface area contributed by atoms with Crippen molar-refractivity contribution in [1.29, 1.82) is 0 Å². The van der Waals surface area contributed by atoms with E-state index in [0.717, 1.165) is 23.3 Å². The summed E-state index contributed by atoms with van der Waals surface area (Å²) in [5.41, 5.74) is 4.13. The number of esters is 1. The van der Waals surface area contributed by atoms with Crippen LogP contribution < -0.4 is 0 Å². The number of benzene rings is 1. The van der Waals surface area contributed by atoms with E-state index in [1.165, 1.54) is 0 Å². The Balaban J connectivity index is 2.15. The van der Waals surface area contributed by atoms with Crippen LogP contribution in [-0.4, -0.2) is 24.1 Å². The van der Waals surface area contributed by atoms with Gasteiger partial charge >= 0.3 is 5.97 Å². The summed E-state index contributed by atoms with van der Waals surface area (Å²) < 4.78 is 5.31. The third-order valence-corrected chi connectivity index (χ3v) is 5.30. The standard InChI is InChI=1S/C22H27NO3/c1-6-26-21(25)18-14(3)23-16-11-22(4,5)12-17(24)20(16)19(18)15-9-7-13(2)8-10-15/h7-10,19-20H,6,11-12H2,1-5H3/t19-,20-/m0/s1. The molecule has 1 heterocycles. The van der Waals surface area contributed by atoms with Crippen LogP contribution in [-0.2, 0) is 14.3 Å². The highest BCUT2D eigenvalue weighted by Gasteiger charge is 2.47. The molecule has 1 aliphatic heterocycles. The molecule has 1 saturated carbocycles. The molecule has 2 atom stereocenters. The monoisotopic (exact) mass is 353 g/mol. The Morgan fingerprint density at radius 1 is 1.15 bits per heavy atom. The first-order chi connectivity index (χ1) is 12.2. The molecule has 0 spiro atoms. The summed E-state index contributed by atoms with van der Waals surface area (Å²) in [6, 6.07) is 8.08. The Morgan fingerprint density at radius 2 is 1.81 bits per heavy atom. The van der Waals surface area contributed by atoms with E-state index in [9.17, 15) is 9.59 Å². The topological polar surface area (TPSA) is 55.7 Å². The minimum atomic E-state index is -0.367. The summed E-state index contributed by atoms with van der Waals surface area (Å²) in [6.45, 7) is 10.2. The molecule has 0 radical (unpaired) electrons. The van der Waals surface area contributed by atoms with E-state index in [-0.39, 0.29) is 29.0 Å². The third-order valence-electron chi connectivity index (χ3n) is 5.30. The molecule has 138 valence electrons. The largest absolute Gasteiger partial charge is 0.463 e. The van der Waals surface area contributed by atoms with E-state index in [2.05, 4.69) is 13.8 Å². The van der Waals surface area contributed by atoms with Gasteiger partial charge in [0, 0.05) is 23.7 Å². The summed E-state index contributed by atoms with van der Waals surface area (Å²) in [4.78, 5) is 30.5. The van der Waals surface area contributed by atoms with Crippen LogP contribution in [0, 0.1) is 18.3 Å². The van der Waals surface area contributed by atoms with Crippen molar-refractivity contribution >= 4 is 17.5 Å². The van der Waals surface area contributed by atoms with Crippen LogP contribution in [0.1, 0.15) is 57.6 Å². The average Bonchev–Trinajstić information content (AvgIpc) is 2.53. The number of carbonyl (C=O) groups is 2. The third kappa shape index (κ3) is 3.37. The van der Waals surface area contributed by atoms with Gasteiger partial charge in [0.15, 0.2) is 0 Å². The molecule has 2 aliphatic rings. The van der Waals surface area contributed by atoms with Crippen molar-refractivity contribution in [2.75, 3.05) is 6.61 Å². The number of aliphatic imine (C=N–C) groups is 1. The summed E-state index contributed by atoms with van der Waals surface area (Å²) in [5.74, 6) is -0.879. The number of fused-ring (bicyclic) bond motifs is 1. The predicted molar refractivity (Wildman–Crippen MR) is 102 cm³/mol. The van der Waals surface area contributed by atoms with Gasteiger partial charge in [-0.15, -0.1) is 0 Å². The van der Waals surface area contributed by atoms with Crippen LogP contribution in [0.2, 0.25) is 0 Å². The highest BCUT2D eigenvalue weighted by atomic mass is 16.5. The van der Waals surface area contributed by atoms with Crippen LogP contribution >= 0.6 is 0 Å². The fraction of sp³-hybridized carbons (Fsp3) is 0.500. The fourth-order valence-electron chi connectivity index (χ4n) is 4.20. The maximum atomic E-state index is 13.1. The number of allylic oxidation sites excluding steroid dienone is 1. The molecule has 0 aromatic heterocycles. The second-order valence-electron chi connectivity index (χ2n) is 8.17. The maximum absolute atomic E-state index is 13.1. The number of ether oxygens (including phenoxy) is 1. The lowest BCUT2D eigenvalue weighted by Crippen LogP contribution is -2.44. The minimum absolute atomic E-state index is 0.0913. The number of ketones is 1. The molecular formula is C22H27NO3. The van der Waals surface area contributed by atoms with Gasteiger partial charge in [-0.05, 0) is 38.2 Å². The highest BCUT2D eigenvalue weighted by Crippen LogP contribution is 2.46. The number of rotatable bonds is 3. The van der Waals surface area contributed by atoms with Crippen molar-refractivity contribution < 1.29 is 14.3 Å². The fourth-order valence-corrected chi connectivity index (χ4v) is 4.20. The van der Waals surface area contributed by atoms with Gasteiger partial charge in [0.25, 0.3) is 0 Å². The molecule has 0 N–H and O–H groups in total. The lowest BCUT2D eigenvalue weighted by molar-refractivity contribution is -0.139. The van der Waals surface area contributed by atoms with Crippen LogP contribution in [0.5, 0.6) is 0 Å². The molecule has 1 aromatic rings. The quantitative estimate of drug-likeness (QED) is 0.758. The van der Waals surface area contributed by atoms with E-state index in [4.69, 9.17) is 9.73 Å². The summed E-state index contributed by atoms with van der Waals surface area (Å²) >= 11 is 0. The van der Waals surface area contributed by atoms with Crippen LogP contribution in [0.15, 0.2) is 40.5 Å². The Morgan fingerprint density at radius 3 is 2.42 bits per heavy atom. The number of aryl methyl sites for hydroxylation is 1. The number of hydrogen-bond donors (Lipinski definition) is 0. The second kappa shape index (κ2) is 6.82. The van der Waals surface area contributed by atoms with E-state index in [1.807, 2.05) is 38.1 Å². The van der Waals surface area contributed by atoms with Gasteiger partial charge in [-0.1, -0.05) is 43.7 Å². The summed E-state index contributed by atoms with van der Waals surface area (Å²) in [7, 11) is 0. The molecule has 1 aromatic carbocycles. The maximum Gasteiger partial charge on any atom is 0.336 e. The van der Waals surface area contributed by atoms with Crippen LogP contribution in [0.3, 0.4) is 0 Å². The number of hydrogen-bond acceptors (Lipinski definition) is 4. The van der Waals surface area contributed by atoms with E-state index < -0.39 is 0 Å². The lowest BCUT2D eigenvalue weighted by Gasteiger charge is -2.41. The smallest absolute Gasteiger partial charge is 0.336 e. The first-order valence-corrected chi connectivity index (χ1v) is 9.28. The lowest BCUT2D eigenvalue weighted by atomic mass is 9.63. The molecule has 0 saturated heterocycles. The molecule has 1 aliphatic carbocycles. The van der Waals surface area contributed by atoms with Crippen molar-refractivity contribution in [3.05, 3.63) is 46.7 Å². The zero-order valence-corrected chi connectivity index (χ0v) is 16.3. The Bertz CT molecular complexity index is 799. The molecular weight excluding hydrogens is 326 g/mol. The number of Topliss-reactive ketones (excluding diaryl/α,β-unsaturated/α-hetero) is 1. The summed E-state index contributed by atoms with van der Waals surface area (Å²) in [5, 5.41) is 0. The Kier molecular flexibility index (Phi) is 4.87. The van der Waals surface area contributed by atoms with Crippen molar-refractivity contribution in [2.24, 2.45) is 16.3 Å². The molecule has 4 heteroatoms. The van der Waals surface area contributed by atoms with Crippen molar-refractivity contribution in [2.45, 2.75) is 53.4 Å². The van der Waals surface area contributed by atoms with Crippen molar-refractivity contribution in [3.8, 4) is 0 Å². The molecule has 0 unspecified atom stereocenters. The average molecular weight is 353 g/mol. The first-order valence-electron chi connectivity index (χ1n) is 9.28. The molecule has 1 fully saturated rings. The number of nitrogens with zero attached hydrogens (tertiary/aromatic N) is 1. The number of carbonyl (C=O) groups excluding carboxylic acids is 2. The minimum Gasteiger partial charge on any atom is -0.463 e. The van der Waals surface area contributed by atoms with Gasteiger partial charge in [-0.25, -0.2) is 4.79 Å². The van der Waals surface area contributed by atoms with Crippen LogP contribution in [0.25, 0.3) is 0 Å². The first kappa shape index (κ1) is 18.6. The van der Waals surface area contributed by atoms with Gasteiger partial charge in [0.2, 0.25) is 0 Å². The van der Waals surface area contributed by atoms with Crippen LogP contribution in [0.4, 0.5) is 0 Å². The molecule has 0 bridgehead atoms. The van der Waals surface area contributed by atoms with Gasteiger partial charge in [0.05, 0.1) is 18.1 Å². The molecule has 26 heavy (non-hydrogen) atoms. The van der Waals surface area contributed by atoms with E-state index in [0.29, 0.717) is 24.3 Å². The van der Waals surface area contributed by atoms with Gasteiger partial charge < -0.3 is 4.74 Å². The Labute approximate surface area is 155 Å². The van der Waals surface area contributed by atoms with Gasteiger partial charge in [0.1, 0.15) is 5.78 Å². The van der Waals surface area contributed by atoms with Crippen molar-refractivity contribution in [3.63, 3.8) is 0 Å². The molecule has 3 rings (SSSR count).